The van der Waals surface area contributed by atoms with Crippen LogP contribution in [0.4, 0.5) is 17.6 Å². The van der Waals surface area contributed by atoms with Crippen molar-refractivity contribution in [2.45, 2.75) is 236 Å². The Hall–Kier alpha value is -6.33. The lowest BCUT2D eigenvalue weighted by molar-refractivity contribution is -0.201. The number of alkyl halides is 4. The van der Waals surface area contributed by atoms with Gasteiger partial charge in [0.05, 0.1) is 24.8 Å². The van der Waals surface area contributed by atoms with Crippen molar-refractivity contribution < 1.29 is 79.8 Å². The molecule has 25 nitrogen and oxygen atoms in total. The zero-order chi connectivity index (χ0) is 73.7. The van der Waals surface area contributed by atoms with Crippen molar-refractivity contribution in [3.8, 4) is 0 Å². The average Bonchev–Trinajstić information content (AvgIpc) is 1.53. The van der Waals surface area contributed by atoms with E-state index in [1.807, 2.05) is 27.7 Å². The number of nitrogens with one attached hydrogen (secondary N) is 3. The lowest BCUT2D eigenvalue weighted by Gasteiger charge is -2.45. The van der Waals surface area contributed by atoms with Gasteiger partial charge in [-0.3, -0.25) is 57.5 Å². The average molecular weight is 1430 g/mol. The summed E-state index contributed by atoms with van der Waals surface area (Å²) in [6, 6.07) is -10.7. The lowest BCUT2D eigenvalue weighted by atomic mass is 9.78. The number of fused-ring (bicyclic) bond motifs is 2. The molecule has 30 heteroatoms. The van der Waals surface area contributed by atoms with Crippen LogP contribution in [-0.4, -0.2) is 288 Å². The van der Waals surface area contributed by atoms with Crippen LogP contribution in [0.3, 0.4) is 0 Å². The normalized spacial score (nSPS) is 30.3. The Balaban J connectivity index is 1.39. The first kappa shape index (κ1) is 81.6. The van der Waals surface area contributed by atoms with Crippen LogP contribution in [-0.2, 0) is 62.3 Å². The molecule has 3 aliphatic carbocycles. The van der Waals surface area contributed by atoms with Gasteiger partial charge >= 0.3 is 6.18 Å². The lowest BCUT2D eigenvalue weighted by Crippen LogP contribution is -2.65. The maximum absolute atomic E-state index is 15.5. The van der Waals surface area contributed by atoms with Crippen LogP contribution in [0.1, 0.15) is 164 Å². The highest BCUT2D eigenvalue weighted by molar-refractivity contribution is 8.00. The topological polar surface area (TPSA) is 279 Å². The molecule has 3 N–H and O–H groups in total. The molecule has 0 aromatic heterocycles. The van der Waals surface area contributed by atoms with Crippen molar-refractivity contribution in [3.63, 3.8) is 0 Å². The molecule has 560 valence electrons. The van der Waals surface area contributed by atoms with Gasteiger partial charge in [-0.25, -0.2) is 4.39 Å². The molecule has 6 aliphatic rings. The summed E-state index contributed by atoms with van der Waals surface area (Å²) in [5, 5.41) is 8.69. The number of hydrogen-bond donors (Lipinski definition) is 3. The molecule has 0 radical (unpaired) electrons. The van der Waals surface area contributed by atoms with Crippen molar-refractivity contribution in [2.75, 3.05) is 101 Å². The molecule has 3 saturated carbocycles. The van der Waals surface area contributed by atoms with E-state index in [1.54, 1.807) is 6.92 Å². The number of halogens is 4. The van der Waals surface area contributed by atoms with E-state index in [0.717, 1.165) is 34.4 Å². The summed E-state index contributed by atoms with van der Waals surface area (Å²) in [6.07, 6.45) is -2.19. The van der Waals surface area contributed by atoms with E-state index in [9.17, 15) is 51.5 Å². The fourth-order valence-electron chi connectivity index (χ4n) is 15.1. The zero-order valence-electron chi connectivity index (χ0n) is 60.8. The molecule has 0 bridgehead atoms. The highest BCUT2D eigenvalue weighted by Crippen LogP contribution is 2.43. The molecule has 12 amide bonds. The summed E-state index contributed by atoms with van der Waals surface area (Å²) in [5.41, 5.74) is -1.55. The van der Waals surface area contributed by atoms with Crippen LogP contribution < -0.4 is 16.0 Å². The molecule has 6 fully saturated rings. The van der Waals surface area contributed by atoms with E-state index < -0.39 is 180 Å². The van der Waals surface area contributed by atoms with Crippen LogP contribution in [0.15, 0.2) is 0 Å². The summed E-state index contributed by atoms with van der Waals surface area (Å²) in [7, 11) is 11.6. The largest absolute Gasteiger partial charge is 0.394 e. The molecule has 0 aromatic rings. The number of ether oxygens (including phenoxy) is 1. The number of hydrogen-bond acceptors (Lipinski definition) is 14. The third-order valence-electron chi connectivity index (χ3n) is 21.7. The number of carbonyl (C=O) groups excluding carboxylic acids is 12. The van der Waals surface area contributed by atoms with Crippen LogP contribution in [0.2, 0.25) is 0 Å². The van der Waals surface area contributed by atoms with Gasteiger partial charge in [0, 0.05) is 81.8 Å². The summed E-state index contributed by atoms with van der Waals surface area (Å²) in [4.78, 5) is 188. The molecule has 1 spiro atoms. The first-order chi connectivity index (χ1) is 46.5. The Kier molecular flexibility index (Phi) is 29.7. The first-order valence-corrected chi connectivity index (χ1v) is 36.9. The fraction of sp³-hybridized carbons (Fsp3) is 0.826. The summed E-state index contributed by atoms with van der Waals surface area (Å²) in [5.74, 6) is -11.5. The molecule has 3 heterocycles. The van der Waals surface area contributed by atoms with E-state index in [1.165, 1.54) is 97.6 Å². The third kappa shape index (κ3) is 19.9. The van der Waals surface area contributed by atoms with E-state index >= 15 is 23.6 Å². The molecule has 0 aromatic carbocycles. The van der Waals surface area contributed by atoms with E-state index in [-0.39, 0.29) is 101 Å². The molecular formula is C69H112F4N12O13S. The van der Waals surface area contributed by atoms with Gasteiger partial charge in [0.25, 0.3) is 0 Å². The van der Waals surface area contributed by atoms with Crippen LogP contribution in [0, 0.1) is 29.6 Å². The molecule has 3 saturated heterocycles. The number of nitrogens with zero attached hydrogens (tertiary/aromatic N) is 9. The predicted molar refractivity (Wildman–Crippen MR) is 363 cm³/mol. The molecular weight excluding hydrogens is 1310 g/mol. The smallest absolute Gasteiger partial charge is 0.379 e. The Morgan fingerprint density at radius 3 is 1.91 bits per heavy atom. The minimum absolute atomic E-state index is 0.00683. The molecule has 3 aliphatic heterocycles. The van der Waals surface area contributed by atoms with E-state index in [4.69, 9.17) is 4.74 Å². The quantitative estimate of drug-likeness (QED) is 0.172. The highest BCUT2D eigenvalue weighted by Gasteiger charge is 2.53. The second-order valence-electron chi connectivity index (χ2n) is 29.3. The number of carbonyl (C=O) groups is 12. The van der Waals surface area contributed by atoms with Gasteiger partial charge < -0.3 is 64.8 Å². The molecule has 6 rings (SSSR count). The number of rotatable bonds is 13. The van der Waals surface area contributed by atoms with Crippen molar-refractivity contribution in [3.05, 3.63) is 0 Å². The first-order valence-electron chi connectivity index (χ1n) is 35.7. The predicted octanol–water partition coefficient (Wildman–Crippen LogP) is 4.23. The molecule has 13 atom stereocenters. The van der Waals surface area contributed by atoms with Gasteiger partial charge in [-0.05, 0) is 120 Å². The highest BCUT2D eigenvalue weighted by atomic mass is 32.2. The number of amides is 12. The molecule has 3 unspecified atom stereocenters. The van der Waals surface area contributed by atoms with Crippen LogP contribution in [0.25, 0.3) is 0 Å². The van der Waals surface area contributed by atoms with Crippen molar-refractivity contribution >= 4 is 82.6 Å². The van der Waals surface area contributed by atoms with Gasteiger partial charge in [-0.1, -0.05) is 66.7 Å². The van der Waals surface area contributed by atoms with E-state index in [0.29, 0.717) is 44.9 Å². The van der Waals surface area contributed by atoms with Gasteiger partial charge in [0.1, 0.15) is 66.1 Å². The summed E-state index contributed by atoms with van der Waals surface area (Å²) >= 11 is 1.08. The zero-order valence-corrected chi connectivity index (χ0v) is 61.6. The fourth-order valence-corrected chi connectivity index (χ4v) is 16.1. The Morgan fingerprint density at radius 1 is 0.687 bits per heavy atom. The maximum atomic E-state index is 15.5. The Bertz CT molecular complexity index is 2880. The molecule has 99 heavy (non-hydrogen) atoms. The van der Waals surface area contributed by atoms with Gasteiger partial charge in [0.2, 0.25) is 70.9 Å². The van der Waals surface area contributed by atoms with Crippen molar-refractivity contribution in [1.82, 2.24) is 60.0 Å². The minimum Gasteiger partial charge on any atom is -0.379 e. The monoisotopic (exact) mass is 1420 g/mol. The Labute approximate surface area is 586 Å². The second-order valence-corrected chi connectivity index (χ2v) is 30.4. The van der Waals surface area contributed by atoms with Gasteiger partial charge in [0.15, 0.2) is 0 Å². The minimum atomic E-state index is -4.76. The van der Waals surface area contributed by atoms with Crippen molar-refractivity contribution in [2.24, 2.45) is 29.6 Å². The number of likely N-dealkylation sites (N-methyl/N-ethyl adjacent to an activating group) is 7. The Morgan fingerprint density at radius 2 is 1.33 bits per heavy atom. The number of thioether (sulfide) groups is 1. The van der Waals surface area contributed by atoms with Crippen LogP contribution >= 0.6 is 11.8 Å². The van der Waals surface area contributed by atoms with E-state index in [2.05, 4.69) is 16.0 Å². The van der Waals surface area contributed by atoms with Gasteiger partial charge in [-0.15, -0.1) is 11.8 Å². The second kappa shape index (κ2) is 36.0. The standard InChI is InChI=1S/C69H112F4N12O13S/c1-15-34-98-38-52-63(93)78(9)37-54(86)74-48(28-26-44-25-27-46(47(70)36-44)69(71,72)73)61(91)84-32-21-24-49(84)59(89)76-68(30-19-20-31-68)67(97)83(14)57(45-22-17-18-23-45)66(96)82(13)53(62(92)77(7)8)39-99-40-55(87)80(11)51(35-41(3)4)58(88)75-56(42(5)16-2)65(95)79(10)43(6)60(90)85-33-29-50(85)64(94)81(52)12/h41-53,56-57H,15-40H2,1-14H3,(H,74,86)(H,75,88)(H,76,89)/t42-,43-,44?,46?,47?,48-,49-,50-,51-,52-,53-,56-,57-/m0/s1. The SMILES string of the molecule is CCCOC[C@H]1C(=O)N(C)CC(=O)N[C@@H](CCC2CCC(C(F)(F)F)C(F)C2)C(=O)N2CCC[C@H]2C(=O)NC2(CCCC2)C(=O)N(C)[C@@H](C2CCCC2)C(=O)N(C)[C@H](C(=O)N(C)C)CSCC(=O)N(C)[C@@H](CC(C)C)C(=O)N[C@@H]([C@@H](C)CC)C(=O)N(C)[C@@H](C)C(=O)N2CC[C@H]2C(=O)N1C. The third-order valence-corrected chi connectivity index (χ3v) is 22.7. The van der Waals surface area contributed by atoms with Gasteiger partial charge in [-0.2, -0.15) is 13.2 Å². The summed E-state index contributed by atoms with van der Waals surface area (Å²) < 4.78 is 62.6. The van der Waals surface area contributed by atoms with Crippen molar-refractivity contribution in [1.29, 1.82) is 0 Å². The van der Waals surface area contributed by atoms with Crippen LogP contribution in [0.5, 0.6) is 0 Å². The summed E-state index contributed by atoms with van der Waals surface area (Å²) in [6.45, 7) is 10.0. The maximum Gasteiger partial charge on any atom is 0.394 e.